The number of nitrogens with two attached hydrogens (primary N) is 1. The predicted molar refractivity (Wildman–Crippen MR) is 113 cm³/mol. The van der Waals surface area contributed by atoms with Crippen molar-refractivity contribution in [3.05, 3.63) is 35.4 Å². The van der Waals surface area contributed by atoms with Crippen LogP contribution < -0.4 is 21.1 Å². The van der Waals surface area contributed by atoms with E-state index < -0.39 is 23.9 Å². The molecule has 5 rings (SSSR count). The maximum absolute atomic E-state index is 15.1. The molecule has 0 radical (unpaired) electrons. The van der Waals surface area contributed by atoms with Crippen LogP contribution in [0.1, 0.15) is 41.2 Å². The number of carbonyl (C=O) groups is 1. The van der Waals surface area contributed by atoms with Crippen LogP contribution in [-0.2, 0) is 0 Å². The van der Waals surface area contributed by atoms with E-state index in [0.717, 1.165) is 24.6 Å². The van der Waals surface area contributed by atoms with Gasteiger partial charge in [-0.05, 0) is 31.9 Å². The summed E-state index contributed by atoms with van der Waals surface area (Å²) in [6.07, 6.45) is 2.65. The summed E-state index contributed by atoms with van der Waals surface area (Å²) in [4.78, 5) is 20.6. The molecule has 32 heavy (non-hydrogen) atoms. The second kappa shape index (κ2) is 7.97. The Labute approximate surface area is 182 Å². The highest BCUT2D eigenvalue weighted by Crippen LogP contribution is 2.43. The highest BCUT2D eigenvalue weighted by molar-refractivity contribution is 5.98. The fourth-order valence-electron chi connectivity index (χ4n) is 3.99. The number of halogens is 2. The molecule has 168 valence electrons. The van der Waals surface area contributed by atoms with Crippen LogP contribution in [0.15, 0.2) is 18.3 Å². The number of carbonyl (C=O) groups excluding carboxylic acids is 1. The minimum absolute atomic E-state index is 0.0242. The number of alkyl halides is 1. The van der Waals surface area contributed by atoms with E-state index in [-0.39, 0.29) is 23.0 Å². The van der Waals surface area contributed by atoms with Crippen molar-refractivity contribution >= 4 is 17.4 Å². The number of anilines is 1. The number of primary amides is 1. The quantitative estimate of drug-likeness (QED) is 0.533. The molecule has 11 heteroatoms. The highest BCUT2D eigenvalue weighted by Gasteiger charge is 2.31. The molecule has 1 aliphatic carbocycles. The first-order chi connectivity index (χ1) is 15.5. The average Bonchev–Trinajstić information content (AvgIpc) is 3.55. The Morgan fingerprint density at radius 2 is 2.16 bits per heavy atom. The van der Waals surface area contributed by atoms with E-state index in [1.807, 2.05) is 0 Å². The van der Waals surface area contributed by atoms with Gasteiger partial charge in [0.2, 0.25) is 0 Å². The SMILES string of the molecule is COc1cc2ncc(-c3nc(N[C@H]4CNCC[C@@H]4F)c(C(N)=O)cc3F)n2nc1C1CC1. The number of rotatable bonds is 6. The maximum atomic E-state index is 15.1. The van der Waals surface area contributed by atoms with Crippen molar-refractivity contribution in [3.63, 3.8) is 0 Å². The molecular weight excluding hydrogens is 420 g/mol. The molecule has 4 heterocycles. The summed E-state index contributed by atoms with van der Waals surface area (Å²) in [5, 5.41) is 10.7. The van der Waals surface area contributed by atoms with E-state index >= 15 is 4.39 Å². The molecule has 0 spiro atoms. The molecule has 1 saturated carbocycles. The van der Waals surface area contributed by atoms with E-state index in [0.29, 0.717) is 36.6 Å². The molecule has 3 aromatic heterocycles. The Bertz CT molecular complexity index is 1190. The normalized spacial score (nSPS) is 21.0. The maximum Gasteiger partial charge on any atom is 0.252 e. The summed E-state index contributed by atoms with van der Waals surface area (Å²) in [6, 6.07) is 2.14. The lowest BCUT2D eigenvalue weighted by Crippen LogP contribution is -2.46. The number of methoxy groups -OCH3 is 1. The van der Waals surface area contributed by atoms with Crippen LogP contribution >= 0.6 is 0 Å². The van der Waals surface area contributed by atoms with Crippen LogP contribution in [0.3, 0.4) is 0 Å². The number of imidazole rings is 1. The first-order valence-corrected chi connectivity index (χ1v) is 10.5. The number of aromatic nitrogens is 4. The van der Waals surface area contributed by atoms with Gasteiger partial charge < -0.3 is 21.1 Å². The minimum Gasteiger partial charge on any atom is -0.495 e. The first-order valence-electron chi connectivity index (χ1n) is 10.5. The van der Waals surface area contributed by atoms with Crippen LogP contribution in [0, 0.1) is 5.82 Å². The number of nitrogens with zero attached hydrogens (tertiary/aromatic N) is 4. The lowest BCUT2D eigenvalue weighted by molar-refractivity contribution is 0.1000. The number of hydrogen-bond acceptors (Lipinski definition) is 7. The smallest absolute Gasteiger partial charge is 0.252 e. The second-order valence-corrected chi connectivity index (χ2v) is 8.12. The molecule has 4 N–H and O–H groups in total. The summed E-state index contributed by atoms with van der Waals surface area (Å²) in [5.74, 6) is -0.666. The van der Waals surface area contributed by atoms with Crippen molar-refractivity contribution < 1.29 is 18.3 Å². The Hall–Kier alpha value is -3.34. The molecule has 1 aliphatic heterocycles. The van der Waals surface area contributed by atoms with Gasteiger partial charge in [-0.1, -0.05) is 0 Å². The van der Waals surface area contributed by atoms with Gasteiger partial charge in [0, 0.05) is 18.5 Å². The van der Waals surface area contributed by atoms with Gasteiger partial charge >= 0.3 is 0 Å². The van der Waals surface area contributed by atoms with Gasteiger partial charge in [-0.2, -0.15) is 5.10 Å². The Morgan fingerprint density at radius 1 is 1.34 bits per heavy atom. The van der Waals surface area contributed by atoms with Crippen molar-refractivity contribution in [2.75, 3.05) is 25.5 Å². The van der Waals surface area contributed by atoms with Crippen LogP contribution in [0.4, 0.5) is 14.6 Å². The van der Waals surface area contributed by atoms with Crippen molar-refractivity contribution in [1.82, 2.24) is 24.9 Å². The molecule has 9 nitrogen and oxygen atoms in total. The molecule has 0 aromatic carbocycles. The van der Waals surface area contributed by atoms with Gasteiger partial charge in [-0.3, -0.25) is 4.79 Å². The molecule has 2 fully saturated rings. The zero-order valence-corrected chi connectivity index (χ0v) is 17.4. The summed E-state index contributed by atoms with van der Waals surface area (Å²) in [7, 11) is 1.57. The van der Waals surface area contributed by atoms with Gasteiger partial charge in [0.25, 0.3) is 5.91 Å². The average molecular weight is 443 g/mol. The van der Waals surface area contributed by atoms with Crippen LogP contribution in [0.2, 0.25) is 0 Å². The third kappa shape index (κ3) is 3.62. The molecule has 2 aliphatic rings. The molecule has 0 bridgehead atoms. The van der Waals surface area contributed by atoms with Crippen LogP contribution in [0.25, 0.3) is 17.0 Å². The standard InChI is InChI=1S/C21H23F2N7O2/c1-32-16-7-17-26-9-15(30(17)29-18(16)10-2-3-10)19-13(23)6-11(20(24)31)21(28-19)27-14-8-25-5-4-12(14)22/h6-7,9-10,12,14,25H,2-5,8H2,1H3,(H2,24,31)(H,27,28)/t12-,14-/m0/s1. The highest BCUT2D eigenvalue weighted by atomic mass is 19.1. The number of amides is 1. The number of nitrogens with one attached hydrogen (secondary N) is 2. The molecule has 3 aromatic rings. The van der Waals surface area contributed by atoms with Gasteiger partial charge in [-0.15, -0.1) is 0 Å². The number of piperidine rings is 1. The molecular formula is C21H23F2N7O2. The van der Waals surface area contributed by atoms with E-state index in [2.05, 4.69) is 25.7 Å². The number of pyridine rings is 1. The Kier molecular flexibility index (Phi) is 5.12. The Balaban J connectivity index is 1.61. The van der Waals surface area contributed by atoms with E-state index in [4.69, 9.17) is 10.5 Å². The van der Waals surface area contributed by atoms with Gasteiger partial charge in [0.1, 0.15) is 34.8 Å². The number of hydrogen-bond donors (Lipinski definition) is 3. The second-order valence-electron chi connectivity index (χ2n) is 8.12. The van der Waals surface area contributed by atoms with Crippen molar-refractivity contribution in [1.29, 1.82) is 0 Å². The zero-order valence-electron chi connectivity index (χ0n) is 17.4. The van der Waals surface area contributed by atoms with E-state index in [1.165, 1.54) is 10.7 Å². The van der Waals surface area contributed by atoms with Gasteiger partial charge in [0.15, 0.2) is 11.5 Å². The Morgan fingerprint density at radius 3 is 2.84 bits per heavy atom. The zero-order chi connectivity index (χ0) is 22.4. The largest absolute Gasteiger partial charge is 0.495 e. The molecule has 2 atom stereocenters. The third-order valence-corrected chi connectivity index (χ3v) is 5.87. The predicted octanol–water partition coefficient (Wildman–Crippen LogP) is 2.03. The van der Waals surface area contributed by atoms with E-state index in [1.54, 1.807) is 13.2 Å². The topological polar surface area (TPSA) is 119 Å². The lowest BCUT2D eigenvalue weighted by Gasteiger charge is -2.28. The van der Waals surface area contributed by atoms with Crippen molar-refractivity contribution in [2.24, 2.45) is 5.73 Å². The molecule has 1 saturated heterocycles. The van der Waals surface area contributed by atoms with Crippen LogP contribution in [0.5, 0.6) is 5.75 Å². The van der Waals surface area contributed by atoms with Crippen LogP contribution in [-0.4, -0.2) is 57.9 Å². The number of ether oxygens (including phenoxy) is 1. The van der Waals surface area contributed by atoms with E-state index in [9.17, 15) is 9.18 Å². The lowest BCUT2D eigenvalue weighted by atomic mass is 10.0. The third-order valence-electron chi connectivity index (χ3n) is 5.87. The monoisotopic (exact) mass is 443 g/mol. The molecule has 0 unspecified atom stereocenters. The van der Waals surface area contributed by atoms with Gasteiger partial charge in [-0.25, -0.2) is 23.3 Å². The fraction of sp³-hybridized carbons (Fsp3) is 0.429. The first kappa shape index (κ1) is 20.6. The summed E-state index contributed by atoms with van der Waals surface area (Å²) in [5.41, 5.74) is 6.77. The van der Waals surface area contributed by atoms with Crippen molar-refractivity contribution in [2.45, 2.75) is 37.4 Å². The summed E-state index contributed by atoms with van der Waals surface area (Å²) >= 11 is 0. The fourth-order valence-corrected chi connectivity index (χ4v) is 3.99. The minimum atomic E-state index is -1.14. The van der Waals surface area contributed by atoms with Gasteiger partial charge in [0.05, 0.1) is 24.9 Å². The number of fused-ring (bicyclic) bond motifs is 1. The molecule has 1 amide bonds. The summed E-state index contributed by atoms with van der Waals surface area (Å²) < 4.78 is 36.4. The van der Waals surface area contributed by atoms with Crippen molar-refractivity contribution in [3.8, 4) is 17.1 Å². The summed E-state index contributed by atoms with van der Waals surface area (Å²) in [6.45, 7) is 0.903.